The summed E-state index contributed by atoms with van der Waals surface area (Å²) in [5, 5.41) is 3.12. The van der Waals surface area contributed by atoms with Crippen LogP contribution in [-0.2, 0) is 9.53 Å². The SMILES string of the molecule is O=C(NC[C@H]1CCCO1)C1CCN(C2CCN(C/C=C/c3ccco3)CC2)CC1. The van der Waals surface area contributed by atoms with E-state index in [1.807, 2.05) is 12.1 Å². The molecule has 6 heteroatoms. The predicted octanol–water partition coefficient (Wildman–Crippen LogP) is 2.76. The fourth-order valence-corrected chi connectivity index (χ4v) is 4.86. The van der Waals surface area contributed by atoms with E-state index >= 15 is 0 Å². The van der Waals surface area contributed by atoms with Gasteiger partial charge in [-0.3, -0.25) is 9.69 Å². The lowest BCUT2D eigenvalue weighted by Gasteiger charge is -2.41. The summed E-state index contributed by atoms with van der Waals surface area (Å²) in [6.07, 6.45) is 12.8. The summed E-state index contributed by atoms with van der Waals surface area (Å²) in [5.41, 5.74) is 0. The van der Waals surface area contributed by atoms with Crippen LogP contribution in [0.25, 0.3) is 6.08 Å². The molecule has 160 valence electrons. The van der Waals surface area contributed by atoms with Gasteiger partial charge in [0.1, 0.15) is 5.76 Å². The van der Waals surface area contributed by atoms with Crippen LogP contribution >= 0.6 is 0 Å². The van der Waals surface area contributed by atoms with Crippen LogP contribution in [0.2, 0.25) is 0 Å². The number of carbonyl (C=O) groups excluding carboxylic acids is 1. The van der Waals surface area contributed by atoms with E-state index in [9.17, 15) is 4.79 Å². The van der Waals surface area contributed by atoms with Gasteiger partial charge in [0.05, 0.1) is 12.4 Å². The summed E-state index contributed by atoms with van der Waals surface area (Å²) in [5.74, 6) is 1.33. The van der Waals surface area contributed by atoms with E-state index < -0.39 is 0 Å². The van der Waals surface area contributed by atoms with Crippen LogP contribution in [0.4, 0.5) is 0 Å². The lowest BCUT2D eigenvalue weighted by molar-refractivity contribution is -0.127. The molecule has 29 heavy (non-hydrogen) atoms. The van der Waals surface area contributed by atoms with E-state index in [-0.39, 0.29) is 17.9 Å². The molecule has 0 aliphatic carbocycles. The summed E-state index contributed by atoms with van der Waals surface area (Å²) in [6, 6.07) is 4.58. The molecule has 3 aliphatic rings. The summed E-state index contributed by atoms with van der Waals surface area (Å²) in [4.78, 5) is 17.6. The Hall–Kier alpha value is -1.63. The highest BCUT2D eigenvalue weighted by Crippen LogP contribution is 2.24. The molecule has 0 unspecified atom stereocenters. The van der Waals surface area contributed by atoms with Crippen LogP contribution in [0.15, 0.2) is 28.9 Å². The number of hydrogen-bond donors (Lipinski definition) is 1. The first-order valence-corrected chi connectivity index (χ1v) is 11.3. The maximum absolute atomic E-state index is 12.5. The number of likely N-dealkylation sites (tertiary alicyclic amines) is 2. The van der Waals surface area contributed by atoms with Gasteiger partial charge in [0.25, 0.3) is 0 Å². The second-order valence-electron chi connectivity index (χ2n) is 8.64. The average molecular weight is 402 g/mol. The molecule has 4 heterocycles. The molecule has 1 aromatic heterocycles. The van der Waals surface area contributed by atoms with Gasteiger partial charge < -0.3 is 19.4 Å². The van der Waals surface area contributed by atoms with E-state index in [1.54, 1.807) is 6.26 Å². The Balaban J connectivity index is 1.12. The van der Waals surface area contributed by atoms with Crippen molar-refractivity contribution in [3.05, 3.63) is 30.2 Å². The van der Waals surface area contributed by atoms with Crippen LogP contribution in [0.3, 0.4) is 0 Å². The molecule has 0 spiro atoms. The Morgan fingerprint density at radius 1 is 1.14 bits per heavy atom. The number of nitrogens with zero attached hydrogens (tertiary/aromatic N) is 2. The van der Waals surface area contributed by atoms with Gasteiger partial charge in [-0.2, -0.15) is 0 Å². The number of furan rings is 1. The minimum absolute atomic E-state index is 0.180. The molecule has 3 fully saturated rings. The monoisotopic (exact) mass is 401 g/mol. The van der Waals surface area contributed by atoms with E-state index in [2.05, 4.69) is 27.3 Å². The molecular weight excluding hydrogens is 366 g/mol. The second-order valence-corrected chi connectivity index (χ2v) is 8.64. The number of nitrogens with one attached hydrogen (secondary N) is 1. The van der Waals surface area contributed by atoms with Gasteiger partial charge >= 0.3 is 0 Å². The highest BCUT2D eigenvalue weighted by atomic mass is 16.5. The molecular formula is C23H35N3O3. The van der Waals surface area contributed by atoms with Crippen LogP contribution in [0, 0.1) is 5.92 Å². The van der Waals surface area contributed by atoms with E-state index in [1.165, 1.54) is 12.8 Å². The summed E-state index contributed by atoms with van der Waals surface area (Å²) in [7, 11) is 0. The van der Waals surface area contributed by atoms with Gasteiger partial charge in [-0.05, 0) is 82.9 Å². The normalized spacial score (nSPS) is 25.7. The van der Waals surface area contributed by atoms with Crippen LogP contribution in [0.1, 0.15) is 44.3 Å². The van der Waals surface area contributed by atoms with Crippen molar-refractivity contribution < 1.29 is 13.9 Å². The molecule has 3 aliphatic heterocycles. The molecule has 4 rings (SSSR count). The van der Waals surface area contributed by atoms with Crippen molar-refractivity contribution in [2.75, 3.05) is 45.9 Å². The maximum atomic E-state index is 12.5. The number of carbonyl (C=O) groups is 1. The Morgan fingerprint density at radius 3 is 2.66 bits per heavy atom. The Morgan fingerprint density at radius 2 is 1.97 bits per heavy atom. The van der Waals surface area contributed by atoms with Crippen molar-refractivity contribution >= 4 is 12.0 Å². The largest absolute Gasteiger partial charge is 0.465 e. The smallest absolute Gasteiger partial charge is 0.223 e. The first-order valence-electron chi connectivity index (χ1n) is 11.3. The molecule has 1 aromatic rings. The van der Waals surface area contributed by atoms with Gasteiger partial charge in [-0.15, -0.1) is 0 Å². The molecule has 0 saturated carbocycles. The lowest BCUT2D eigenvalue weighted by atomic mass is 9.92. The zero-order valence-corrected chi connectivity index (χ0v) is 17.4. The summed E-state index contributed by atoms with van der Waals surface area (Å²) < 4.78 is 10.9. The van der Waals surface area contributed by atoms with Gasteiger partial charge in [0.15, 0.2) is 0 Å². The Kier molecular flexibility index (Phi) is 7.41. The van der Waals surface area contributed by atoms with Gasteiger partial charge in [0.2, 0.25) is 5.91 Å². The topological polar surface area (TPSA) is 58.0 Å². The third-order valence-electron chi connectivity index (χ3n) is 6.69. The highest BCUT2D eigenvalue weighted by Gasteiger charge is 2.30. The van der Waals surface area contributed by atoms with Crippen molar-refractivity contribution in [1.29, 1.82) is 0 Å². The van der Waals surface area contributed by atoms with Crippen LogP contribution < -0.4 is 5.32 Å². The quantitative estimate of drug-likeness (QED) is 0.761. The van der Waals surface area contributed by atoms with Crippen molar-refractivity contribution in [3.63, 3.8) is 0 Å². The third kappa shape index (κ3) is 5.93. The highest BCUT2D eigenvalue weighted by molar-refractivity contribution is 5.78. The Labute approximate surface area is 174 Å². The number of hydrogen-bond acceptors (Lipinski definition) is 5. The number of amides is 1. The van der Waals surface area contributed by atoms with Gasteiger partial charge in [-0.1, -0.05) is 6.08 Å². The molecule has 0 radical (unpaired) electrons. The fourth-order valence-electron chi connectivity index (χ4n) is 4.86. The van der Waals surface area contributed by atoms with Crippen LogP contribution in [-0.4, -0.2) is 73.7 Å². The molecule has 1 N–H and O–H groups in total. The van der Waals surface area contributed by atoms with Crippen molar-refractivity contribution in [1.82, 2.24) is 15.1 Å². The third-order valence-corrected chi connectivity index (χ3v) is 6.69. The molecule has 0 aromatic carbocycles. The van der Waals surface area contributed by atoms with E-state index in [0.29, 0.717) is 12.6 Å². The van der Waals surface area contributed by atoms with Crippen molar-refractivity contribution in [2.45, 2.75) is 50.7 Å². The molecule has 1 amide bonds. The minimum atomic E-state index is 0.180. The summed E-state index contributed by atoms with van der Waals surface area (Å²) in [6.45, 7) is 6.93. The van der Waals surface area contributed by atoms with E-state index in [4.69, 9.17) is 9.15 Å². The summed E-state index contributed by atoms with van der Waals surface area (Å²) >= 11 is 0. The minimum Gasteiger partial charge on any atom is -0.465 e. The fraction of sp³-hybridized carbons (Fsp3) is 0.696. The zero-order valence-electron chi connectivity index (χ0n) is 17.4. The predicted molar refractivity (Wildman–Crippen MR) is 113 cm³/mol. The first-order chi connectivity index (χ1) is 14.3. The first kappa shape index (κ1) is 20.6. The van der Waals surface area contributed by atoms with Gasteiger partial charge in [0, 0.05) is 31.7 Å². The standard InChI is InChI=1S/C23H35N3O3/c27-23(24-18-22-6-3-17-29-22)19-7-14-26(15-8-19)20-9-12-25(13-10-20)11-1-4-21-5-2-16-28-21/h1-2,4-5,16,19-20,22H,3,6-15,17-18H2,(H,24,27)/b4-1+/t22-/m1/s1. The molecule has 3 saturated heterocycles. The van der Waals surface area contributed by atoms with Crippen molar-refractivity contribution in [2.24, 2.45) is 5.92 Å². The number of ether oxygens (including phenoxy) is 1. The van der Waals surface area contributed by atoms with E-state index in [0.717, 1.165) is 70.8 Å². The number of piperidine rings is 2. The lowest BCUT2D eigenvalue weighted by Crippen LogP contribution is -2.49. The van der Waals surface area contributed by atoms with Gasteiger partial charge in [-0.25, -0.2) is 0 Å². The average Bonchev–Trinajstić information content (AvgIpc) is 3.47. The molecule has 6 nitrogen and oxygen atoms in total. The zero-order chi connectivity index (χ0) is 19.9. The van der Waals surface area contributed by atoms with Crippen molar-refractivity contribution in [3.8, 4) is 0 Å². The number of rotatable bonds is 7. The van der Waals surface area contributed by atoms with Crippen LogP contribution in [0.5, 0.6) is 0 Å². The second kappa shape index (κ2) is 10.4. The maximum Gasteiger partial charge on any atom is 0.223 e. The Bertz CT molecular complexity index is 638. The molecule has 0 bridgehead atoms. The molecule has 1 atom stereocenters.